The van der Waals surface area contributed by atoms with Crippen LogP contribution in [0.1, 0.15) is 73.4 Å². The highest BCUT2D eigenvalue weighted by Crippen LogP contribution is 2.47. The highest BCUT2D eigenvalue weighted by atomic mass is 35.5. The van der Waals surface area contributed by atoms with E-state index in [9.17, 15) is 10.1 Å². The predicted molar refractivity (Wildman–Crippen MR) is 195 cm³/mol. The lowest BCUT2D eigenvalue weighted by Gasteiger charge is -2.39. The number of aromatic nitrogens is 3. The molecule has 2 aromatic heterocycles. The Morgan fingerprint density at radius 2 is 1.86 bits per heavy atom. The standard InChI is InChI=1S/C36H49ClN6O5Si/c1-23(2)45-14-15-46-31-29(18-26(37)20-40-31)42-32-39-13-12-28(41-32)24-16-25(19-38)30-27(17-24)36(9,22-47-49(10,11)35(6,7)8)21-43(30)33(44)48-34(3,4)5/h12-13,16-18,20,23H,14-15,21-22H2,1-11H3,(H,39,41,42)/t36-/m1/s1. The number of fused-ring (bicyclic) bond motifs is 1. The fourth-order valence-corrected chi connectivity index (χ4v) is 6.31. The molecule has 4 rings (SSSR count). The molecule has 1 aliphatic rings. The quantitative estimate of drug-likeness (QED) is 0.152. The van der Waals surface area contributed by atoms with Gasteiger partial charge in [0.15, 0.2) is 8.32 Å². The van der Waals surface area contributed by atoms with Crippen LogP contribution in [0.3, 0.4) is 0 Å². The first-order chi connectivity index (χ1) is 22.7. The Balaban J connectivity index is 1.73. The molecule has 3 aromatic rings. The van der Waals surface area contributed by atoms with Gasteiger partial charge in [0, 0.05) is 36.5 Å². The number of rotatable bonds is 11. The molecule has 3 heterocycles. The van der Waals surface area contributed by atoms with Crippen molar-refractivity contribution < 1.29 is 23.4 Å². The van der Waals surface area contributed by atoms with Gasteiger partial charge in [-0.05, 0) is 82.6 Å². The van der Waals surface area contributed by atoms with E-state index in [-0.39, 0.29) is 17.1 Å². The lowest BCUT2D eigenvalue weighted by molar-refractivity contribution is 0.0544. The summed E-state index contributed by atoms with van der Waals surface area (Å²) >= 11 is 6.28. The molecular weight excluding hydrogens is 660 g/mol. The molecule has 1 atom stereocenters. The van der Waals surface area contributed by atoms with Crippen LogP contribution in [0.25, 0.3) is 11.3 Å². The minimum absolute atomic E-state index is 0.00899. The van der Waals surface area contributed by atoms with Crippen LogP contribution in [0.2, 0.25) is 23.2 Å². The molecule has 1 N–H and O–H groups in total. The first-order valence-corrected chi connectivity index (χ1v) is 19.7. The number of hydrogen-bond donors (Lipinski definition) is 1. The van der Waals surface area contributed by atoms with E-state index in [4.69, 9.17) is 35.2 Å². The van der Waals surface area contributed by atoms with Crippen LogP contribution < -0.4 is 15.0 Å². The first kappa shape index (κ1) is 38.0. The molecule has 49 heavy (non-hydrogen) atoms. The fourth-order valence-electron chi connectivity index (χ4n) is 5.04. The topological polar surface area (TPSA) is 132 Å². The number of benzene rings is 1. The third-order valence-corrected chi connectivity index (χ3v) is 13.3. The van der Waals surface area contributed by atoms with Crippen molar-refractivity contribution in [1.29, 1.82) is 5.26 Å². The van der Waals surface area contributed by atoms with Gasteiger partial charge in [-0.15, -0.1) is 0 Å². The molecule has 0 unspecified atom stereocenters. The smallest absolute Gasteiger partial charge is 0.414 e. The second-order valence-electron chi connectivity index (χ2n) is 15.4. The van der Waals surface area contributed by atoms with E-state index in [1.165, 1.54) is 6.20 Å². The summed E-state index contributed by atoms with van der Waals surface area (Å²) in [7, 11) is -2.16. The highest BCUT2D eigenvalue weighted by molar-refractivity contribution is 6.74. The summed E-state index contributed by atoms with van der Waals surface area (Å²) in [4.78, 5) is 28.7. The van der Waals surface area contributed by atoms with Crippen LogP contribution in [-0.2, 0) is 19.3 Å². The van der Waals surface area contributed by atoms with Crippen molar-refractivity contribution >= 4 is 43.3 Å². The van der Waals surface area contributed by atoms with Gasteiger partial charge in [-0.3, -0.25) is 4.90 Å². The Morgan fingerprint density at radius 1 is 1.14 bits per heavy atom. The summed E-state index contributed by atoms with van der Waals surface area (Å²) in [5.74, 6) is 0.609. The molecule has 0 saturated carbocycles. The average Bonchev–Trinajstić information content (AvgIpc) is 3.30. The van der Waals surface area contributed by atoms with Gasteiger partial charge >= 0.3 is 6.09 Å². The summed E-state index contributed by atoms with van der Waals surface area (Å²) in [5, 5.41) is 14.0. The van der Waals surface area contributed by atoms with E-state index in [1.807, 2.05) is 40.7 Å². The van der Waals surface area contributed by atoms with Gasteiger partial charge in [-0.1, -0.05) is 39.3 Å². The van der Waals surface area contributed by atoms with Crippen molar-refractivity contribution in [1.82, 2.24) is 15.0 Å². The molecule has 11 nitrogen and oxygen atoms in total. The number of amides is 1. The molecule has 0 aliphatic carbocycles. The Morgan fingerprint density at radius 3 is 2.49 bits per heavy atom. The number of nitriles is 1. The second-order valence-corrected chi connectivity index (χ2v) is 20.6. The van der Waals surface area contributed by atoms with E-state index in [0.29, 0.717) is 65.5 Å². The fraction of sp³-hybridized carbons (Fsp3) is 0.528. The molecule has 0 fully saturated rings. The number of hydrogen-bond acceptors (Lipinski definition) is 10. The summed E-state index contributed by atoms with van der Waals surface area (Å²) in [6.07, 6.45) is 2.71. The van der Waals surface area contributed by atoms with E-state index >= 15 is 0 Å². The van der Waals surface area contributed by atoms with Gasteiger partial charge in [0.05, 0.1) is 34.7 Å². The molecule has 13 heteroatoms. The van der Waals surface area contributed by atoms with Crippen LogP contribution >= 0.6 is 11.6 Å². The Hall–Kier alpha value is -3.76. The molecule has 0 bridgehead atoms. The Bertz CT molecular complexity index is 1720. The van der Waals surface area contributed by atoms with Crippen molar-refractivity contribution in [3.63, 3.8) is 0 Å². The summed E-state index contributed by atoms with van der Waals surface area (Å²) in [5.41, 5.74) is 2.09. The minimum atomic E-state index is -2.16. The first-order valence-electron chi connectivity index (χ1n) is 16.5. The molecule has 0 spiro atoms. The van der Waals surface area contributed by atoms with Crippen LogP contribution in [0, 0.1) is 11.3 Å². The van der Waals surface area contributed by atoms with Gasteiger partial charge in [0.2, 0.25) is 11.8 Å². The zero-order chi connectivity index (χ0) is 36.4. The predicted octanol–water partition coefficient (Wildman–Crippen LogP) is 8.65. The zero-order valence-corrected chi connectivity index (χ0v) is 32.3. The number of nitrogens with one attached hydrogen (secondary N) is 1. The molecule has 1 amide bonds. The SMILES string of the molecule is CC(C)OCCOc1ncc(Cl)cc1Nc1nccc(-c2cc(C#N)c3c(c2)[C@@](C)(CO[Si](C)(C)C(C)(C)C)CN3C(=O)OC(C)(C)C)n1. The number of nitrogens with zero attached hydrogens (tertiary/aromatic N) is 5. The largest absolute Gasteiger partial charge is 0.474 e. The monoisotopic (exact) mass is 708 g/mol. The van der Waals surface area contributed by atoms with Gasteiger partial charge in [-0.2, -0.15) is 5.26 Å². The van der Waals surface area contributed by atoms with Crippen LogP contribution in [0.5, 0.6) is 5.88 Å². The molecule has 0 radical (unpaired) electrons. The van der Waals surface area contributed by atoms with Crippen molar-refractivity contribution in [2.24, 2.45) is 0 Å². The van der Waals surface area contributed by atoms with Crippen LogP contribution in [-0.4, -0.2) is 67.4 Å². The Kier molecular flexibility index (Phi) is 11.3. The average molecular weight is 709 g/mol. The summed E-state index contributed by atoms with van der Waals surface area (Å²) in [6, 6.07) is 9.52. The number of pyridine rings is 1. The van der Waals surface area contributed by atoms with Gasteiger partial charge in [0.1, 0.15) is 24.0 Å². The maximum atomic E-state index is 13.6. The van der Waals surface area contributed by atoms with Crippen molar-refractivity contribution in [3.05, 3.63) is 52.8 Å². The lowest BCUT2D eigenvalue weighted by atomic mass is 9.83. The summed E-state index contributed by atoms with van der Waals surface area (Å²) in [6.45, 7) is 23.8. The van der Waals surface area contributed by atoms with Crippen molar-refractivity contribution in [2.45, 2.75) is 97.6 Å². The van der Waals surface area contributed by atoms with Crippen molar-refractivity contribution in [3.8, 4) is 23.2 Å². The van der Waals surface area contributed by atoms with Gasteiger partial charge in [-0.25, -0.2) is 19.7 Å². The zero-order valence-electron chi connectivity index (χ0n) is 30.5. The van der Waals surface area contributed by atoms with Gasteiger partial charge in [0.25, 0.3) is 0 Å². The van der Waals surface area contributed by atoms with Gasteiger partial charge < -0.3 is 24.0 Å². The molecule has 264 valence electrons. The van der Waals surface area contributed by atoms with E-state index in [0.717, 1.165) is 5.56 Å². The Labute approximate surface area is 296 Å². The van der Waals surface area contributed by atoms with E-state index in [2.05, 4.69) is 62.1 Å². The maximum absolute atomic E-state index is 13.6. The number of ether oxygens (including phenoxy) is 3. The number of anilines is 3. The molecule has 1 aromatic carbocycles. The third-order valence-electron chi connectivity index (χ3n) is 8.62. The van der Waals surface area contributed by atoms with Crippen molar-refractivity contribution in [2.75, 3.05) is 36.6 Å². The molecule has 0 saturated heterocycles. The normalized spacial score (nSPS) is 16.4. The molecule has 1 aliphatic heterocycles. The van der Waals surface area contributed by atoms with E-state index < -0.39 is 25.4 Å². The van der Waals surface area contributed by atoms with Crippen LogP contribution in [0.15, 0.2) is 36.7 Å². The minimum Gasteiger partial charge on any atom is -0.474 e. The molecular formula is C36H49ClN6O5Si. The number of carbonyl (C=O) groups is 1. The van der Waals surface area contributed by atoms with E-state index in [1.54, 1.807) is 29.3 Å². The third kappa shape index (κ3) is 9.28. The lowest BCUT2D eigenvalue weighted by Crippen LogP contribution is -2.46. The highest BCUT2D eigenvalue weighted by Gasteiger charge is 2.47. The number of carbonyl (C=O) groups excluding carboxylic acids is 1. The maximum Gasteiger partial charge on any atom is 0.414 e. The summed E-state index contributed by atoms with van der Waals surface area (Å²) < 4.78 is 24.0. The number of halogens is 1. The van der Waals surface area contributed by atoms with Crippen LogP contribution in [0.4, 0.5) is 22.1 Å². The second kappa shape index (κ2) is 14.6.